The Balaban J connectivity index is 2.29. The molecule has 0 radical (unpaired) electrons. The van der Waals surface area contributed by atoms with Crippen LogP contribution in [0.4, 0.5) is 10.7 Å². The molecule has 1 aliphatic carbocycles. The molecule has 0 amide bonds. The van der Waals surface area contributed by atoms with Crippen molar-refractivity contribution in [3.05, 3.63) is 10.4 Å². The van der Waals surface area contributed by atoms with Crippen LogP contribution in [0.5, 0.6) is 0 Å². The lowest BCUT2D eigenvalue weighted by molar-refractivity contribution is 0.0533. The van der Waals surface area contributed by atoms with E-state index in [0.29, 0.717) is 23.0 Å². The molecule has 102 valence electrons. The lowest BCUT2D eigenvalue weighted by atomic mass is 10.2. The number of thiophene rings is 1. The number of hydrogen-bond donors (Lipinski definition) is 1. The molecule has 0 unspecified atom stereocenters. The van der Waals surface area contributed by atoms with E-state index in [1.807, 2.05) is 11.9 Å². The Kier molecular flexibility index (Phi) is 3.96. The largest absolute Gasteiger partial charge is 0.462 e. The highest BCUT2D eigenvalue weighted by Crippen LogP contribution is 2.39. The molecule has 0 saturated heterocycles. The Morgan fingerprint density at radius 1 is 1.63 bits per heavy atom. The first-order chi connectivity index (χ1) is 9.08. The maximum absolute atomic E-state index is 11.8. The number of nitrogens with two attached hydrogens (primary N) is 1. The van der Waals surface area contributed by atoms with E-state index in [1.54, 1.807) is 6.92 Å². The molecule has 2 rings (SSSR count). The van der Waals surface area contributed by atoms with Crippen molar-refractivity contribution in [1.82, 2.24) is 0 Å². The van der Waals surface area contributed by atoms with E-state index in [1.165, 1.54) is 24.2 Å². The van der Waals surface area contributed by atoms with Crippen LogP contribution in [0.2, 0.25) is 0 Å². The fourth-order valence-electron chi connectivity index (χ4n) is 1.93. The van der Waals surface area contributed by atoms with Crippen molar-refractivity contribution in [3.8, 4) is 6.07 Å². The molecule has 1 heterocycles. The van der Waals surface area contributed by atoms with E-state index >= 15 is 0 Å². The summed E-state index contributed by atoms with van der Waals surface area (Å²) in [6.45, 7) is 2.94. The van der Waals surface area contributed by atoms with Crippen LogP contribution in [0.15, 0.2) is 0 Å². The van der Waals surface area contributed by atoms with Crippen LogP contribution in [-0.2, 0) is 4.74 Å². The van der Waals surface area contributed by atoms with Crippen molar-refractivity contribution in [3.63, 3.8) is 0 Å². The van der Waals surface area contributed by atoms with Gasteiger partial charge in [-0.2, -0.15) is 5.26 Å². The van der Waals surface area contributed by atoms with Gasteiger partial charge in [0, 0.05) is 13.6 Å². The number of nitrogens with zero attached hydrogens (tertiary/aromatic N) is 2. The van der Waals surface area contributed by atoms with Gasteiger partial charge in [0.1, 0.15) is 21.5 Å². The minimum Gasteiger partial charge on any atom is -0.462 e. The first-order valence-corrected chi connectivity index (χ1v) is 7.10. The highest BCUT2D eigenvalue weighted by molar-refractivity contribution is 7.18. The Morgan fingerprint density at radius 2 is 2.32 bits per heavy atom. The third-order valence-corrected chi connectivity index (χ3v) is 4.37. The first-order valence-electron chi connectivity index (χ1n) is 6.29. The van der Waals surface area contributed by atoms with E-state index in [9.17, 15) is 10.1 Å². The highest BCUT2D eigenvalue weighted by atomic mass is 32.1. The predicted molar refractivity (Wildman–Crippen MR) is 75.4 cm³/mol. The minimum absolute atomic E-state index is 0.239. The number of nitrogen functional groups attached to an aromatic ring is 1. The highest BCUT2D eigenvalue weighted by Gasteiger charge is 2.28. The number of carbonyl (C=O) groups excluding carboxylic acids is 1. The molecule has 0 atom stereocenters. The van der Waals surface area contributed by atoms with Gasteiger partial charge in [0.25, 0.3) is 0 Å². The van der Waals surface area contributed by atoms with Crippen molar-refractivity contribution in [1.29, 1.82) is 5.26 Å². The van der Waals surface area contributed by atoms with Crippen LogP contribution >= 0.6 is 11.3 Å². The summed E-state index contributed by atoms with van der Waals surface area (Å²) in [7, 11) is 1.93. The van der Waals surface area contributed by atoms with Crippen molar-refractivity contribution >= 4 is 28.0 Å². The van der Waals surface area contributed by atoms with Crippen LogP contribution < -0.4 is 10.6 Å². The lowest BCUT2D eigenvalue weighted by Gasteiger charge is -2.16. The molecule has 0 aromatic carbocycles. The second kappa shape index (κ2) is 5.49. The molecule has 2 N–H and O–H groups in total. The predicted octanol–water partition coefficient (Wildman–Crippen LogP) is 2.22. The van der Waals surface area contributed by atoms with Crippen LogP contribution in [-0.4, -0.2) is 26.2 Å². The third-order valence-electron chi connectivity index (χ3n) is 3.07. The molecule has 5 nitrogen and oxygen atoms in total. The number of esters is 1. The molecular weight excluding hydrogens is 262 g/mol. The van der Waals surface area contributed by atoms with E-state index in [4.69, 9.17) is 10.5 Å². The van der Waals surface area contributed by atoms with Gasteiger partial charge in [-0.3, -0.25) is 0 Å². The normalized spacial score (nSPS) is 13.9. The molecule has 1 aliphatic rings. The average Bonchev–Trinajstić information content (AvgIpc) is 3.11. The molecule has 0 spiro atoms. The van der Waals surface area contributed by atoms with Crippen LogP contribution in [0.25, 0.3) is 0 Å². The summed E-state index contributed by atoms with van der Waals surface area (Å²) in [4.78, 5) is 14.1. The van der Waals surface area contributed by atoms with Gasteiger partial charge in [-0.25, -0.2) is 4.79 Å². The molecule has 0 bridgehead atoms. The molecule has 0 aliphatic heterocycles. The molecular formula is C13H17N3O2S. The average molecular weight is 279 g/mol. The molecule has 1 aromatic heterocycles. The standard InChI is InChI=1S/C13H17N3O2S/c1-3-18-13(17)11-10(15)9(6-14)12(19-11)16(2)7-8-4-5-8/h8H,3-5,7,15H2,1-2H3. The molecule has 6 heteroatoms. The van der Waals surface area contributed by atoms with Crippen LogP contribution in [0, 0.1) is 17.2 Å². The first kappa shape index (κ1) is 13.7. The maximum atomic E-state index is 11.8. The Hall–Kier alpha value is -1.74. The SMILES string of the molecule is CCOC(=O)c1sc(N(C)CC2CC2)c(C#N)c1N. The van der Waals surface area contributed by atoms with Crippen molar-refractivity contribution in [2.45, 2.75) is 19.8 Å². The Bertz CT molecular complexity index is 529. The lowest BCUT2D eigenvalue weighted by Crippen LogP contribution is -2.19. The number of rotatable bonds is 5. The van der Waals surface area contributed by atoms with Gasteiger partial charge in [-0.15, -0.1) is 11.3 Å². The molecule has 19 heavy (non-hydrogen) atoms. The van der Waals surface area contributed by atoms with Gasteiger partial charge in [-0.05, 0) is 25.7 Å². The summed E-state index contributed by atoms with van der Waals surface area (Å²) in [5.74, 6) is 0.249. The van der Waals surface area contributed by atoms with Gasteiger partial charge in [0.15, 0.2) is 0 Å². The topological polar surface area (TPSA) is 79.3 Å². The molecule has 1 fully saturated rings. The second-order valence-corrected chi connectivity index (χ2v) is 5.68. The van der Waals surface area contributed by atoms with Crippen LogP contribution in [0.1, 0.15) is 35.0 Å². The fraction of sp³-hybridized carbons (Fsp3) is 0.538. The minimum atomic E-state index is -0.451. The third kappa shape index (κ3) is 2.82. The molecule has 1 aromatic rings. The van der Waals surface area contributed by atoms with E-state index in [2.05, 4.69) is 6.07 Å². The van der Waals surface area contributed by atoms with Gasteiger partial charge >= 0.3 is 5.97 Å². The van der Waals surface area contributed by atoms with Crippen LogP contribution in [0.3, 0.4) is 0 Å². The monoisotopic (exact) mass is 279 g/mol. The van der Waals surface area contributed by atoms with Crippen molar-refractivity contribution in [2.24, 2.45) is 5.92 Å². The summed E-state index contributed by atoms with van der Waals surface area (Å²) in [5, 5.41) is 9.98. The number of ether oxygens (including phenoxy) is 1. The molecule has 1 saturated carbocycles. The number of nitriles is 1. The second-order valence-electron chi connectivity index (χ2n) is 4.68. The summed E-state index contributed by atoms with van der Waals surface area (Å²) in [6, 6.07) is 2.09. The zero-order chi connectivity index (χ0) is 14.0. The van der Waals surface area contributed by atoms with Gasteiger partial charge in [-0.1, -0.05) is 0 Å². The van der Waals surface area contributed by atoms with Crippen molar-refractivity contribution in [2.75, 3.05) is 30.8 Å². The zero-order valence-corrected chi connectivity index (χ0v) is 11.9. The fourth-order valence-corrected chi connectivity index (χ4v) is 2.96. The number of anilines is 2. The number of carbonyl (C=O) groups is 1. The van der Waals surface area contributed by atoms with E-state index in [-0.39, 0.29) is 5.69 Å². The van der Waals surface area contributed by atoms with Gasteiger partial charge < -0.3 is 15.4 Å². The van der Waals surface area contributed by atoms with Gasteiger partial charge in [0.05, 0.1) is 12.3 Å². The van der Waals surface area contributed by atoms with E-state index < -0.39 is 5.97 Å². The maximum Gasteiger partial charge on any atom is 0.350 e. The zero-order valence-electron chi connectivity index (χ0n) is 11.1. The summed E-state index contributed by atoms with van der Waals surface area (Å²) in [5.41, 5.74) is 6.52. The summed E-state index contributed by atoms with van der Waals surface area (Å²) < 4.78 is 4.96. The van der Waals surface area contributed by atoms with E-state index in [0.717, 1.165) is 11.5 Å². The van der Waals surface area contributed by atoms with Gasteiger partial charge in [0.2, 0.25) is 0 Å². The number of hydrogen-bond acceptors (Lipinski definition) is 6. The Morgan fingerprint density at radius 3 is 2.84 bits per heavy atom. The smallest absolute Gasteiger partial charge is 0.350 e. The quantitative estimate of drug-likeness (QED) is 0.836. The summed E-state index contributed by atoms with van der Waals surface area (Å²) >= 11 is 1.24. The Labute approximate surface area is 116 Å². The summed E-state index contributed by atoms with van der Waals surface area (Å²) in [6.07, 6.45) is 2.47. The van der Waals surface area contributed by atoms with Crippen molar-refractivity contribution < 1.29 is 9.53 Å².